The molecule has 1 unspecified atom stereocenters. The van der Waals surface area contributed by atoms with E-state index >= 15 is 0 Å². The van der Waals surface area contributed by atoms with Crippen molar-refractivity contribution in [1.82, 2.24) is 14.5 Å². The first-order valence-corrected chi connectivity index (χ1v) is 12.1. The highest BCUT2D eigenvalue weighted by atomic mass is 16.2. The van der Waals surface area contributed by atoms with Crippen LogP contribution in [0.5, 0.6) is 0 Å². The van der Waals surface area contributed by atoms with Gasteiger partial charge < -0.3 is 10.2 Å². The number of nitrogens with zero attached hydrogens (tertiary/aromatic N) is 3. The molecule has 0 bridgehead atoms. The summed E-state index contributed by atoms with van der Waals surface area (Å²) in [5.41, 5.74) is 3.98. The van der Waals surface area contributed by atoms with Crippen LogP contribution in [0.2, 0.25) is 0 Å². The molecule has 0 saturated heterocycles. The number of benzene rings is 3. The number of aromatic nitrogens is 2. The highest BCUT2D eigenvalue weighted by Gasteiger charge is 2.27. The standard InChI is InChI=1S/C29H32N4O2/c1-5-6-19-32(29(35)31-24-16-10-7-13-20(24)2)22(4)27-30-25-17-11-9-15-23(25)28(34)33(27)26-18-12-8-14-21(26)3/h7-18,22H,5-6,19H2,1-4H3,(H,31,35). The number of carbonyl (C=O) groups is 1. The molecular weight excluding hydrogens is 436 g/mol. The fourth-order valence-electron chi connectivity index (χ4n) is 4.32. The summed E-state index contributed by atoms with van der Waals surface area (Å²) in [6.45, 7) is 8.53. The highest BCUT2D eigenvalue weighted by molar-refractivity contribution is 5.90. The molecule has 1 aromatic heterocycles. The van der Waals surface area contributed by atoms with Crippen LogP contribution in [0, 0.1) is 13.8 Å². The Morgan fingerprint density at radius 2 is 1.63 bits per heavy atom. The van der Waals surface area contributed by atoms with Crippen LogP contribution in [0.1, 0.15) is 49.7 Å². The maximum atomic E-state index is 13.8. The number of amides is 2. The van der Waals surface area contributed by atoms with Crippen LogP contribution in [0.4, 0.5) is 10.5 Å². The van der Waals surface area contributed by atoms with Gasteiger partial charge in [-0.2, -0.15) is 0 Å². The van der Waals surface area contributed by atoms with Gasteiger partial charge in [0.05, 0.1) is 22.6 Å². The number of urea groups is 1. The minimum Gasteiger partial charge on any atom is -0.315 e. The van der Waals surface area contributed by atoms with Gasteiger partial charge in [-0.05, 0) is 62.6 Å². The second kappa shape index (κ2) is 10.6. The lowest BCUT2D eigenvalue weighted by Gasteiger charge is -2.31. The van der Waals surface area contributed by atoms with Crippen LogP contribution in [0.25, 0.3) is 16.6 Å². The van der Waals surface area contributed by atoms with Crippen LogP contribution < -0.4 is 10.9 Å². The van der Waals surface area contributed by atoms with Gasteiger partial charge >= 0.3 is 6.03 Å². The third-order valence-electron chi connectivity index (χ3n) is 6.40. The molecule has 3 aromatic carbocycles. The smallest absolute Gasteiger partial charge is 0.315 e. The zero-order valence-corrected chi connectivity index (χ0v) is 20.8. The SMILES string of the molecule is CCCCN(C(=O)Nc1ccccc1C)C(C)c1nc2ccccc2c(=O)n1-c1ccccc1C. The molecule has 4 rings (SSSR count). The zero-order valence-electron chi connectivity index (χ0n) is 20.8. The maximum Gasteiger partial charge on any atom is 0.322 e. The summed E-state index contributed by atoms with van der Waals surface area (Å²) in [7, 11) is 0. The molecule has 1 N–H and O–H groups in total. The van der Waals surface area contributed by atoms with Crippen LogP contribution >= 0.6 is 0 Å². The second-order valence-corrected chi connectivity index (χ2v) is 8.88. The van der Waals surface area contributed by atoms with E-state index in [-0.39, 0.29) is 11.6 Å². The minimum atomic E-state index is -0.442. The molecular formula is C29H32N4O2. The van der Waals surface area contributed by atoms with Gasteiger partial charge in [-0.3, -0.25) is 9.36 Å². The van der Waals surface area contributed by atoms with E-state index in [0.29, 0.717) is 23.3 Å². The van der Waals surface area contributed by atoms with Gasteiger partial charge in [0.1, 0.15) is 5.82 Å². The Kier molecular flexibility index (Phi) is 7.30. The molecule has 35 heavy (non-hydrogen) atoms. The Morgan fingerprint density at radius 1 is 0.971 bits per heavy atom. The summed E-state index contributed by atoms with van der Waals surface area (Å²) < 4.78 is 1.67. The summed E-state index contributed by atoms with van der Waals surface area (Å²) in [6, 6.07) is 22.2. The van der Waals surface area contributed by atoms with Gasteiger partial charge in [0, 0.05) is 12.2 Å². The summed E-state index contributed by atoms with van der Waals surface area (Å²) in [5.74, 6) is 0.541. The van der Waals surface area contributed by atoms with Crippen molar-refractivity contribution >= 4 is 22.6 Å². The number of aryl methyl sites for hydroxylation is 2. The number of hydrogen-bond acceptors (Lipinski definition) is 3. The maximum absolute atomic E-state index is 13.8. The van der Waals surface area contributed by atoms with E-state index in [4.69, 9.17) is 4.98 Å². The molecule has 0 aliphatic rings. The molecule has 0 fully saturated rings. The minimum absolute atomic E-state index is 0.137. The Balaban J connectivity index is 1.85. The van der Waals surface area contributed by atoms with E-state index in [1.54, 1.807) is 15.5 Å². The fourth-order valence-corrected chi connectivity index (χ4v) is 4.32. The molecule has 0 aliphatic carbocycles. The lowest BCUT2D eigenvalue weighted by atomic mass is 10.1. The van der Waals surface area contributed by atoms with Gasteiger partial charge in [0.25, 0.3) is 5.56 Å². The number of anilines is 1. The van der Waals surface area contributed by atoms with Gasteiger partial charge in [-0.1, -0.05) is 61.9 Å². The van der Waals surface area contributed by atoms with Gasteiger partial charge in [-0.25, -0.2) is 9.78 Å². The largest absolute Gasteiger partial charge is 0.322 e. The van der Waals surface area contributed by atoms with E-state index in [2.05, 4.69) is 12.2 Å². The predicted octanol–water partition coefficient (Wildman–Crippen LogP) is 6.40. The summed E-state index contributed by atoms with van der Waals surface area (Å²) in [4.78, 5) is 34.0. The van der Waals surface area contributed by atoms with E-state index in [1.165, 1.54) is 0 Å². The van der Waals surface area contributed by atoms with Crippen molar-refractivity contribution in [2.24, 2.45) is 0 Å². The topological polar surface area (TPSA) is 67.2 Å². The summed E-state index contributed by atoms with van der Waals surface area (Å²) in [5, 5.41) is 3.62. The van der Waals surface area contributed by atoms with Crippen LogP contribution in [0.15, 0.2) is 77.6 Å². The third-order valence-corrected chi connectivity index (χ3v) is 6.40. The molecule has 1 atom stereocenters. The highest BCUT2D eigenvalue weighted by Crippen LogP contribution is 2.26. The van der Waals surface area contributed by atoms with Crippen LogP contribution in [-0.2, 0) is 0 Å². The van der Waals surface area contributed by atoms with Crippen LogP contribution in [-0.4, -0.2) is 27.0 Å². The molecule has 0 spiro atoms. The molecule has 6 nitrogen and oxygen atoms in total. The molecule has 0 saturated carbocycles. The second-order valence-electron chi connectivity index (χ2n) is 8.88. The van der Waals surface area contributed by atoms with Crippen LogP contribution in [0.3, 0.4) is 0 Å². The first kappa shape index (κ1) is 24.2. The summed E-state index contributed by atoms with van der Waals surface area (Å²) in [6.07, 6.45) is 1.78. The number of unbranched alkanes of at least 4 members (excludes halogenated alkanes) is 1. The Hall–Kier alpha value is -3.93. The van der Waals surface area contributed by atoms with Crippen molar-refractivity contribution in [2.45, 2.75) is 46.6 Å². The molecule has 4 aromatic rings. The van der Waals surface area contributed by atoms with Gasteiger partial charge in [0.15, 0.2) is 0 Å². The van der Waals surface area contributed by atoms with Crippen molar-refractivity contribution in [1.29, 1.82) is 0 Å². The van der Waals surface area contributed by atoms with E-state index in [1.807, 2.05) is 87.5 Å². The molecule has 180 valence electrons. The molecule has 2 amide bonds. The van der Waals surface area contributed by atoms with Crippen molar-refractivity contribution in [3.63, 3.8) is 0 Å². The average molecular weight is 469 g/mol. The van der Waals surface area contributed by atoms with Gasteiger partial charge in [0.2, 0.25) is 0 Å². The monoisotopic (exact) mass is 468 g/mol. The normalized spacial score (nSPS) is 11.9. The van der Waals surface area contributed by atoms with Crippen molar-refractivity contribution in [3.05, 3.63) is 100 Å². The lowest BCUT2D eigenvalue weighted by molar-refractivity contribution is 0.188. The van der Waals surface area contributed by atoms with E-state index in [0.717, 1.165) is 35.3 Å². The molecule has 0 aliphatic heterocycles. The quantitative estimate of drug-likeness (QED) is 0.341. The molecule has 6 heteroatoms. The lowest BCUT2D eigenvalue weighted by Crippen LogP contribution is -2.40. The van der Waals surface area contributed by atoms with E-state index < -0.39 is 6.04 Å². The number of nitrogens with one attached hydrogen (secondary N) is 1. The third kappa shape index (κ3) is 4.97. The Bertz CT molecular complexity index is 1410. The Morgan fingerprint density at radius 3 is 2.34 bits per heavy atom. The summed E-state index contributed by atoms with van der Waals surface area (Å²) >= 11 is 0. The number of fused-ring (bicyclic) bond motifs is 1. The Labute approximate surface area is 206 Å². The number of carbonyl (C=O) groups excluding carboxylic acids is 1. The number of rotatable bonds is 7. The first-order valence-electron chi connectivity index (χ1n) is 12.1. The molecule has 0 radical (unpaired) electrons. The van der Waals surface area contributed by atoms with Gasteiger partial charge in [-0.15, -0.1) is 0 Å². The van der Waals surface area contributed by atoms with Crippen molar-refractivity contribution in [3.8, 4) is 5.69 Å². The average Bonchev–Trinajstić information content (AvgIpc) is 2.86. The number of para-hydroxylation sites is 3. The van der Waals surface area contributed by atoms with Crippen molar-refractivity contribution in [2.75, 3.05) is 11.9 Å². The first-order chi connectivity index (χ1) is 16.9. The fraction of sp³-hybridized carbons (Fsp3) is 0.276. The predicted molar refractivity (Wildman–Crippen MR) is 142 cm³/mol. The van der Waals surface area contributed by atoms with E-state index in [9.17, 15) is 9.59 Å². The number of hydrogen-bond donors (Lipinski definition) is 1. The molecule has 1 heterocycles. The van der Waals surface area contributed by atoms with Crippen molar-refractivity contribution < 1.29 is 4.79 Å². The zero-order chi connectivity index (χ0) is 24.9.